The van der Waals surface area contributed by atoms with Crippen molar-refractivity contribution < 1.29 is 4.74 Å². The molecule has 1 aromatic carbocycles. The van der Waals surface area contributed by atoms with E-state index in [-0.39, 0.29) is 5.69 Å². The molecule has 164 valence electrons. The molecule has 0 radical (unpaired) electrons. The quantitative estimate of drug-likeness (QED) is 0.585. The van der Waals surface area contributed by atoms with Crippen LogP contribution < -0.4 is 10.6 Å². The Kier molecular flexibility index (Phi) is 6.90. The Labute approximate surface area is 188 Å². The molecule has 0 unspecified atom stereocenters. The van der Waals surface area contributed by atoms with Gasteiger partial charge in [-0.2, -0.15) is 5.26 Å². The lowest BCUT2D eigenvalue weighted by Gasteiger charge is -2.31. The highest BCUT2D eigenvalue weighted by Crippen LogP contribution is 2.32. The van der Waals surface area contributed by atoms with E-state index in [1.807, 2.05) is 24.4 Å². The average molecular weight is 430 g/mol. The van der Waals surface area contributed by atoms with Gasteiger partial charge in [-0.25, -0.2) is 15.0 Å². The van der Waals surface area contributed by atoms with Crippen LogP contribution in [0.5, 0.6) is 0 Å². The molecule has 3 heterocycles. The standard InChI is InChI=1S/C24H27N7O/c1-31-8-6-19(7-9-31)29-22-11-23(30-24-15-26-20(12-25)13-27-24)28-14-21(22)18-5-3-4-17(10-18)16-32-2/h3-5,10-11,13-15,19H,6-9,16H2,1-2H3,(H2,27,28,29,30). The van der Waals surface area contributed by atoms with E-state index < -0.39 is 0 Å². The van der Waals surface area contributed by atoms with Crippen LogP contribution in [0.25, 0.3) is 11.1 Å². The van der Waals surface area contributed by atoms with Crippen molar-refractivity contribution in [2.45, 2.75) is 25.5 Å². The summed E-state index contributed by atoms with van der Waals surface area (Å²) in [6, 6.07) is 12.7. The zero-order valence-electron chi connectivity index (χ0n) is 18.4. The molecule has 1 fully saturated rings. The van der Waals surface area contributed by atoms with Crippen LogP contribution in [0.15, 0.2) is 48.9 Å². The van der Waals surface area contributed by atoms with E-state index in [1.165, 1.54) is 12.4 Å². The lowest BCUT2D eigenvalue weighted by atomic mass is 10.0. The van der Waals surface area contributed by atoms with Gasteiger partial charge >= 0.3 is 0 Å². The molecule has 0 aliphatic carbocycles. The van der Waals surface area contributed by atoms with Crippen LogP contribution in [0.2, 0.25) is 0 Å². The van der Waals surface area contributed by atoms with E-state index in [1.54, 1.807) is 7.11 Å². The molecule has 0 atom stereocenters. The summed E-state index contributed by atoms with van der Waals surface area (Å²) < 4.78 is 5.30. The minimum Gasteiger partial charge on any atom is -0.382 e. The van der Waals surface area contributed by atoms with Gasteiger partial charge in [0.15, 0.2) is 5.69 Å². The minimum atomic E-state index is 0.277. The first kappa shape index (κ1) is 21.7. The van der Waals surface area contributed by atoms with Crippen LogP contribution in [-0.4, -0.2) is 53.1 Å². The monoisotopic (exact) mass is 429 g/mol. The van der Waals surface area contributed by atoms with Gasteiger partial charge in [-0.1, -0.05) is 18.2 Å². The van der Waals surface area contributed by atoms with Crippen LogP contribution in [0.4, 0.5) is 17.3 Å². The van der Waals surface area contributed by atoms with Gasteiger partial charge in [0.2, 0.25) is 0 Å². The molecule has 2 aromatic heterocycles. The van der Waals surface area contributed by atoms with E-state index in [9.17, 15) is 0 Å². The van der Waals surface area contributed by atoms with Crippen LogP contribution in [0.3, 0.4) is 0 Å². The molecule has 1 saturated heterocycles. The summed E-state index contributed by atoms with van der Waals surface area (Å²) in [5.74, 6) is 1.20. The Morgan fingerprint density at radius 1 is 1.09 bits per heavy atom. The zero-order chi connectivity index (χ0) is 22.3. The van der Waals surface area contributed by atoms with Gasteiger partial charge < -0.3 is 20.3 Å². The van der Waals surface area contributed by atoms with Gasteiger partial charge in [-0.3, -0.25) is 0 Å². The highest BCUT2D eigenvalue weighted by molar-refractivity contribution is 5.80. The van der Waals surface area contributed by atoms with Crippen LogP contribution in [0, 0.1) is 11.3 Å². The lowest BCUT2D eigenvalue weighted by Crippen LogP contribution is -2.36. The van der Waals surface area contributed by atoms with Gasteiger partial charge in [0.25, 0.3) is 0 Å². The maximum Gasteiger partial charge on any atom is 0.158 e. The first-order valence-corrected chi connectivity index (χ1v) is 10.7. The highest BCUT2D eigenvalue weighted by Gasteiger charge is 2.18. The fourth-order valence-corrected chi connectivity index (χ4v) is 3.82. The fraction of sp³-hybridized carbons (Fsp3) is 0.333. The first-order valence-electron chi connectivity index (χ1n) is 10.7. The lowest BCUT2D eigenvalue weighted by molar-refractivity contribution is 0.185. The SMILES string of the molecule is COCc1cccc(-c2cnc(Nc3cnc(C#N)cn3)cc2NC2CCN(C)CC2)c1. The van der Waals surface area contributed by atoms with Crippen molar-refractivity contribution in [2.24, 2.45) is 0 Å². The molecule has 32 heavy (non-hydrogen) atoms. The third-order valence-electron chi connectivity index (χ3n) is 5.55. The molecule has 8 nitrogen and oxygen atoms in total. The van der Waals surface area contributed by atoms with E-state index in [0.29, 0.717) is 24.3 Å². The molecule has 0 amide bonds. The maximum absolute atomic E-state index is 8.91. The van der Waals surface area contributed by atoms with Crippen LogP contribution >= 0.6 is 0 Å². The number of methoxy groups -OCH3 is 1. The molecule has 0 saturated carbocycles. The topological polar surface area (TPSA) is 99.0 Å². The third kappa shape index (κ3) is 5.38. The largest absolute Gasteiger partial charge is 0.382 e. The van der Waals surface area contributed by atoms with Crippen LogP contribution in [-0.2, 0) is 11.3 Å². The Morgan fingerprint density at radius 2 is 1.91 bits per heavy atom. The molecule has 3 aromatic rings. The number of hydrogen-bond acceptors (Lipinski definition) is 8. The van der Waals surface area contributed by atoms with Gasteiger partial charge in [0.1, 0.15) is 17.7 Å². The molecular formula is C24H27N7O. The Hall–Kier alpha value is -3.54. The number of benzene rings is 1. The average Bonchev–Trinajstić information content (AvgIpc) is 2.82. The number of aromatic nitrogens is 3. The Morgan fingerprint density at radius 3 is 2.62 bits per heavy atom. The van der Waals surface area contributed by atoms with Crippen molar-refractivity contribution >= 4 is 17.3 Å². The molecule has 0 spiro atoms. The first-order chi connectivity index (χ1) is 15.6. The van der Waals surface area contributed by atoms with Crippen molar-refractivity contribution in [1.29, 1.82) is 5.26 Å². The second-order valence-corrected chi connectivity index (χ2v) is 7.99. The van der Waals surface area contributed by atoms with Crippen molar-refractivity contribution in [1.82, 2.24) is 19.9 Å². The van der Waals surface area contributed by atoms with Crippen molar-refractivity contribution in [3.05, 3.63) is 60.2 Å². The Bertz CT molecular complexity index is 1090. The number of likely N-dealkylation sites (tertiary alicyclic amines) is 1. The molecule has 1 aliphatic rings. The number of hydrogen-bond donors (Lipinski definition) is 2. The second-order valence-electron chi connectivity index (χ2n) is 7.99. The van der Waals surface area contributed by atoms with Gasteiger partial charge in [0.05, 0.1) is 19.0 Å². The normalized spacial score (nSPS) is 14.7. The smallest absolute Gasteiger partial charge is 0.158 e. The van der Waals surface area contributed by atoms with E-state index in [0.717, 1.165) is 48.3 Å². The minimum absolute atomic E-state index is 0.277. The number of nitrogens with one attached hydrogen (secondary N) is 2. The summed E-state index contributed by atoms with van der Waals surface area (Å²) in [6.07, 6.45) is 7.03. The van der Waals surface area contributed by atoms with E-state index in [4.69, 9.17) is 10.00 Å². The number of piperidine rings is 1. The number of ether oxygens (including phenoxy) is 1. The summed E-state index contributed by atoms with van der Waals surface area (Å²) in [6.45, 7) is 2.72. The van der Waals surface area contributed by atoms with E-state index in [2.05, 4.69) is 55.7 Å². The van der Waals surface area contributed by atoms with E-state index >= 15 is 0 Å². The zero-order valence-corrected chi connectivity index (χ0v) is 18.4. The number of nitriles is 1. The Balaban J connectivity index is 1.63. The molecule has 8 heteroatoms. The number of anilines is 3. The highest BCUT2D eigenvalue weighted by atomic mass is 16.5. The fourth-order valence-electron chi connectivity index (χ4n) is 3.82. The second kappa shape index (κ2) is 10.2. The van der Waals surface area contributed by atoms with Gasteiger partial charge in [-0.05, 0) is 50.2 Å². The maximum atomic E-state index is 8.91. The van der Waals surface area contributed by atoms with Gasteiger partial charge in [0, 0.05) is 36.7 Å². The molecule has 2 N–H and O–H groups in total. The summed E-state index contributed by atoms with van der Waals surface area (Å²) >= 11 is 0. The van der Waals surface area contributed by atoms with Crippen molar-refractivity contribution in [3.63, 3.8) is 0 Å². The summed E-state index contributed by atoms with van der Waals surface area (Å²) in [5, 5.41) is 15.8. The van der Waals surface area contributed by atoms with Crippen molar-refractivity contribution in [3.8, 4) is 17.2 Å². The summed E-state index contributed by atoms with van der Waals surface area (Å²) in [4.78, 5) is 15.3. The molecule has 0 bridgehead atoms. The number of rotatable bonds is 7. The summed E-state index contributed by atoms with van der Waals surface area (Å²) in [7, 11) is 3.86. The molecule has 4 rings (SSSR count). The van der Waals surface area contributed by atoms with Crippen LogP contribution in [0.1, 0.15) is 24.1 Å². The number of pyridine rings is 1. The number of nitrogens with zero attached hydrogens (tertiary/aromatic N) is 5. The molecular weight excluding hydrogens is 402 g/mol. The van der Waals surface area contributed by atoms with Gasteiger partial charge in [-0.15, -0.1) is 0 Å². The predicted octanol–water partition coefficient (Wildman–Crippen LogP) is 3.81. The summed E-state index contributed by atoms with van der Waals surface area (Å²) in [5.41, 5.74) is 4.54. The molecule has 1 aliphatic heterocycles. The third-order valence-corrected chi connectivity index (χ3v) is 5.55. The predicted molar refractivity (Wildman–Crippen MR) is 125 cm³/mol. The van der Waals surface area contributed by atoms with Crippen molar-refractivity contribution in [2.75, 3.05) is 37.9 Å².